The smallest absolute Gasteiger partial charge is 0.132 e. The molecule has 2 N–H and O–H groups in total. The number of phenolic OH excluding ortho intramolecular Hbond substituents is 2. The van der Waals surface area contributed by atoms with Gasteiger partial charge in [0, 0.05) is 65.9 Å². The summed E-state index contributed by atoms with van der Waals surface area (Å²) in [6, 6.07) is 77.7. The molecule has 11 aromatic carbocycles. The Morgan fingerprint density at radius 2 is 0.778 bits per heavy atom. The SMILES string of the molecule is Cc1cc[c-]cc1.Oc1c(C=N[C@H]2CCCC[C@@H]2N=Cc2cc3ccccc3c(-c3c(-c4ccccc4)ccc4ccccc34)c2O)cc2ccccc2c1-c1c(-c2ccccc2)ccc2ccccc12.[Ir]. The first kappa shape index (κ1) is 47.7. The Bertz CT molecular complexity index is 3530. The van der Waals surface area contributed by atoms with Crippen LogP contribution in [0.2, 0.25) is 0 Å². The number of fused-ring (bicyclic) bond motifs is 4. The topological polar surface area (TPSA) is 65.2 Å². The molecular formula is C67H53IrN2O2-. The van der Waals surface area contributed by atoms with Crippen LogP contribution < -0.4 is 0 Å². The third-order valence-corrected chi connectivity index (χ3v) is 14.0. The fourth-order valence-corrected chi connectivity index (χ4v) is 10.5. The maximum Gasteiger partial charge on any atom is 0.132 e. The molecule has 2 atom stereocenters. The Kier molecular flexibility index (Phi) is 14.3. The van der Waals surface area contributed by atoms with Crippen molar-refractivity contribution in [1.82, 2.24) is 0 Å². The maximum absolute atomic E-state index is 12.5. The molecule has 12 rings (SSSR count). The van der Waals surface area contributed by atoms with E-state index in [-0.39, 0.29) is 43.7 Å². The number of aromatic hydroxyl groups is 2. The summed E-state index contributed by atoms with van der Waals surface area (Å²) in [6.07, 6.45) is 7.60. The van der Waals surface area contributed by atoms with Crippen LogP contribution in [-0.2, 0) is 20.1 Å². The van der Waals surface area contributed by atoms with Gasteiger partial charge in [-0.25, -0.2) is 0 Å². The van der Waals surface area contributed by atoms with E-state index in [4.69, 9.17) is 9.98 Å². The summed E-state index contributed by atoms with van der Waals surface area (Å²) in [4.78, 5) is 10.5. The van der Waals surface area contributed by atoms with Gasteiger partial charge < -0.3 is 10.2 Å². The van der Waals surface area contributed by atoms with E-state index >= 15 is 0 Å². The molecular weight excluding hydrogens is 1060 g/mol. The Morgan fingerprint density at radius 3 is 1.17 bits per heavy atom. The summed E-state index contributed by atoms with van der Waals surface area (Å²) in [7, 11) is 0. The Morgan fingerprint density at radius 1 is 0.417 bits per heavy atom. The molecule has 5 heteroatoms. The van der Waals surface area contributed by atoms with Gasteiger partial charge in [-0.1, -0.05) is 202 Å². The third-order valence-electron chi connectivity index (χ3n) is 14.0. The van der Waals surface area contributed by atoms with E-state index in [1.165, 1.54) is 5.56 Å². The Labute approximate surface area is 435 Å². The summed E-state index contributed by atoms with van der Waals surface area (Å²) in [6.45, 7) is 2.06. The van der Waals surface area contributed by atoms with E-state index in [0.29, 0.717) is 11.1 Å². The molecule has 1 saturated carbocycles. The van der Waals surface area contributed by atoms with Crippen LogP contribution in [0.5, 0.6) is 11.5 Å². The number of rotatable bonds is 8. The standard InChI is InChI=1S/C60H46N2O2.C7H7.Ir/c63-59-45(35-43-23-9-13-27-49(43)57(59)55-47-25-11-7-21-41(47)31-33-51(55)39-17-3-1-4-18-39)37-61-53-29-15-16-30-54(53)62-38-46-36-44-24-10-14-28-50(44)58(60(46)64)56-48-26-12-8-22-42(48)32-34-52(56)40-19-5-2-6-20-40;1-7-5-3-2-4-6-7;/h1-14,17-28,31-38,53-54,63-64H,15-16,29-30H2;3-6H,1H3;/q;-1;/t53-,54-;;/m0../s1. The van der Waals surface area contributed by atoms with Gasteiger partial charge in [-0.15, -0.1) is 0 Å². The Balaban J connectivity index is 0.000000689. The minimum Gasteiger partial charge on any atom is -0.507 e. The number of aliphatic imine (C=N–C) groups is 2. The zero-order valence-corrected chi connectivity index (χ0v) is 42.4. The Hall–Kier alpha value is -7.95. The second kappa shape index (κ2) is 21.6. The molecule has 1 aliphatic rings. The van der Waals surface area contributed by atoms with Crippen LogP contribution in [0.25, 0.3) is 87.6 Å². The number of phenols is 2. The van der Waals surface area contributed by atoms with Crippen molar-refractivity contribution in [2.75, 3.05) is 0 Å². The van der Waals surface area contributed by atoms with E-state index in [2.05, 4.69) is 171 Å². The second-order valence-electron chi connectivity index (χ2n) is 18.5. The van der Waals surface area contributed by atoms with Gasteiger partial charge in [-0.2, -0.15) is 35.9 Å². The van der Waals surface area contributed by atoms with Gasteiger partial charge in [-0.3, -0.25) is 9.98 Å². The molecule has 0 bridgehead atoms. The van der Waals surface area contributed by atoms with Crippen LogP contribution in [-0.4, -0.2) is 34.7 Å². The molecule has 1 radical (unpaired) electrons. The molecule has 0 aliphatic heterocycles. The largest absolute Gasteiger partial charge is 0.507 e. The zero-order valence-electron chi connectivity index (χ0n) is 40.0. The fourth-order valence-electron chi connectivity index (χ4n) is 10.5. The molecule has 0 saturated heterocycles. The van der Waals surface area contributed by atoms with Gasteiger partial charge in [0.05, 0.1) is 12.1 Å². The first-order chi connectivity index (χ1) is 35.0. The van der Waals surface area contributed by atoms with Gasteiger partial charge in [0.15, 0.2) is 0 Å². The molecule has 72 heavy (non-hydrogen) atoms. The molecule has 0 heterocycles. The molecule has 0 aromatic heterocycles. The fraction of sp³-hybridized carbons (Fsp3) is 0.104. The molecule has 4 nitrogen and oxygen atoms in total. The van der Waals surface area contributed by atoms with Crippen molar-refractivity contribution >= 4 is 55.5 Å². The summed E-state index contributed by atoms with van der Waals surface area (Å²) in [5.41, 5.74) is 10.6. The molecule has 0 unspecified atom stereocenters. The van der Waals surface area contributed by atoms with Crippen molar-refractivity contribution in [2.24, 2.45) is 9.98 Å². The second-order valence-corrected chi connectivity index (χ2v) is 18.5. The van der Waals surface area contributed by atoms with E-state index in [1.807, 2.05) is 73.1 Å². The molecule has 1 fully saturated rings. The first-order valence-electron chi connectivity index (χ1n) is 24.6. The number of hydrogen-bond acceptors (Lipinski definition) is 4. The number of benzene rings is 11. The number of aryl methyl sites for hydroxylation is 1. The molecule has 0 amide bonds. The summed E-state index contributed by atoms with van der Waals surface area (Å²) < 4.78 is 0. The molecule has 11 aromatic rings. The molecule has 1 aliphatic carbocycles. The van der Waals surface area contributed by atoms with Crippen molar-refractivity contribution in [2.45, 2.75) is 44.7 Å². The van der Waals surface area contributed by atoms with Crippen LogP contribution in [0.4, 0.5) is 0 Å². The minimum atomic E-state index is -0.0958. The summed E-state index contributed by atoms with van der Waals surface area (Å²) >= 11 is 0. The summed E-state index contributed by atoms with van der Waals surface area (Å²) in [5.74, 6) is 0.424. The summed E-state index contributed by atoms with van der Waals surface area (Å²) in [5, 5.41) is 33.4. The zero-order chi connectivity index (χ0) is 48.1. The predicted octanol–water partition coefficient (Wildman–Crippen LogP) is 17.0. The van der Waals surface area contributed by atoms with Crippen LogP contribution in [0, 0.1) is 13.0 Å². The van der Waals surface area contributed by atoms with Crippen molar-refractivity contribution in [3.05, 3.63) is 241 Å². The van der Waals surface area contributed by atoms with E-state index in [1.54, 1.807) is 0 Å². The van der Waals surface area contributed by atoms with Gasteiger partial charge in [0.2, 0.25) is 0 Å². The van der Waals surface area contributed by atoms with E-state index in [9.17, 15) is 10.2 Å². The number of hydrogen-bond donors (Lipinski definition) is 2. The van der Waals surface area contributed by atoms with E-state index < -0.39 is 0 Å². The van der Waals surface area contributed by atoms with Crippen LogP contribution >= 0.6 is 0 Å². The first-order valence-corrected chi connectivity index (χ1v) is 24.6. The van der Waals surface area contributed by atoms with Gasteiger partial charge >= 0.3 is 0 Å². The molecule has 0 spiro atoms. The van der Waals surface area contributed by atoms with Gasteiger partial charge in [0.1, 0.15) is 11.5 Å². The molecule has 353 valence electrons. The normalized spacial score (nSPS) is 14.7. The van der Waals surface area contributed by atoms with Crippen LogP contribution in [0.3, 0.4) is 0 Å². The van der Waals surface area contributed by atoms with Crippen LogP contribution in [0.1, 0.15) is 42.4 Å². The average Bonchev–Trinajstić information content (AvgIpc) is 3.42. The van der Waals surface area contributed by atoms with Gasteiger partial charge in [-0.05, 0) is 90.3 Å². The minimum absolute atomic E-state index is 0. The monoisotopic (exact) mass is 1110 g/mol. The average molecular weight is 1110 g/mol. The van der Waals surface area contributed by atoms with E-state index in [0.717, 1.165) is 113 Å². The predicted molar refractivity (Wildman–Crippen MR) is 299 cm³/mol. The third kappa shape index (κ3) is 9.62. The van der Waals surface area contributed by atoms with Crippen LogP contribution in [0.15, 0.2) is 228 Å². The van der Waals surface area contributed by atoms with Gasteiger partial charge in [0.25, 0.3) is 0 Å². The van der Waals surface area contributed by atoms with Crippen molar-refractivity contribution < 1.29 is 30.3 Å². The quantitative estimate of drug-likeness (QED) is 0.118. The van der Waals surface area contributed by atoms with Crippen molar-refractivity contribution in [3.8, 4) is 56.0 Å². The maximum atomic E-state index is 12.5. The van der Waals surface area contributed by atoms with Crippen molar-refractivity contribution in [1.29, 1.82) is 0 Å². The van der Waals surface area contributed by atoms with Crippen molar-refractivity contribution in [3.63, 3.8) is 0 Å². The number of nitrogens with zero attached hydrogens (tertiary/aromatic N) is 2.